The van der Waals surface area contributed by atoms with Crippen LogP contribution in [-0.2, 0) is 6.42 Å². The van der Waals surface area contributed by atoms with Crippen molar-refractivity contribution in [2.75, 3.05) is 13.2 Å². The van der Waals surface area contributed by atoms with E-state index in [9.17, 15) is 5.11 Å². The smallest absolute Gasteiger partial charge is 0.191 e. The summed E-state index contributed by atoms with van der Waals surface area (Å²) in [4.78, 5) is 4.65. The van der Waals surface area contributed by atoms with Crippen molar-refractivity contribution in [2.24, 2.45) is 4.99 Å². The SMILES string of the molecule is CC[C@H](CO)NC(=NCCc1ccco1)NC1CCCCC1. The lowest BCUT2D eigenvalue weighted by Gasteiger charge is -2.27. The van der Waals surface area contributed by atoms with E-state index in [4.69, 9.17) is 4.42 Å². The Morgan fingerprint density at radius 2 is 2.23 bits per heavy atom. The van der Waals surface area contributed by atoms with Gasteiger partial charge in [-0.05, 0) is 31.4 Å². The van der Waals surface area contributed by atoms with E-state index in [0.29, 0.717) is 12.6 Å². The lowest BCUT2D eigenvalue weighted by Crippen LogP contribution is -2.49. The molecule has 1 fully saturated rings. The van der Waals surface area contributed by atoms with Crippen molar-refractivity contribution in [3.63, 3.8) is 0 Å². The van der Waals surface area contributed by atoms with Crippen molar-refractivity contribution in [3.05, 3.63) is 24.2 Å². The van der Waals surface area contributed by atoms with Crippen molar-refractivity contribution in [1.82, 2.24) is 10.6 Å². The van der Waals surface area contributed by atoms with Crippen LogP contribution in [0.15, 0.2) is 27.8 Å². The highest BCUT2D eigenvalue weighted by molar-refractivity contribution is 5.80. The average molecular weight is 307 g/mol. The number of aliphatic hydroxyl groups excluding tert-OH is 1. The van der Waals surface area contributed by atoms with E-state index < -0.39 is 0 Å². The summed E-state index contributed by atoms with van der Waals surface area (Å²) in [5.74, 6) is 1.77. The van der Waals surface area contributed by atoms with Crippen molar-refractivity contribution in [3.8, 4) is 0 Å². The zero-order chi connectivity index (χ0) is 15.6. The fourth-order valence-corrected chi connectivity index (χ4v) is 2.78. The Balaban J connectivity index is 1.89. The Morgan fingerprint density at radius 1 is 1.41 bits per heavy atom. The maximum absolute atomic E-state index is 9.40. The van der Waals surface area contributed by atoms with Gasteiger partial charge in [-0.25, -0.2) is 0 Å². The molecule has 1 aliphatic rings. The molecule has 1 heterocycles. The van der Waals surface area contributed by atoms with E-state index in [1.54, 1.807) is 6.26 Å². The quantitative estimate of drug-likeness (QED) is 0.534. The molecule has 0 spiro atoms. The minimum Gasteiger partial charge on any atom is -0.469 e. The molecular weight excluding hydrogens is 278 g/mol. The third-order valence-electron chi connectivity index (χ3n) is 4.21. The Morgan fingerprint density at radius 3 is 2.86 bits per heavy atom. The van der Waals surface area contributed by atoms with Gasteiger partial charge in [0.2, 0.25) is 0 Å². The van der Waals surface area contributed by atoms with E-state index in [2.05, 4.69) is 22.5 Å². The van der Waals surface area contributed by atoms with Gasteiger partial charge in [-0.2, -0.15) is 0 Å². The molecule has 2 rings (SSSR count). The summed E-state index contributed by atoms with van der Waals surface area (Å²) in [5.41, 5.74) is 0. The van der Waals surface area contributed by atoms with Gasteiger partial charge in [0.25, 0.3) is 0 Å². The van der Waals surface area contributed by atoms with Gasteiger partial charge in [0.15, 0.2) is 5.96 Å². The Labute approximate surface area is 133 Å². The molecule has 0 aromatic carbocycles. The summed E-state index contributed by atoms with van der Waals surface area (Å²) in [5, 5.41) is 16.3. The van der Waals surface area contributed by atoms with E-state index in [1.807, 2.05) is 12.1 Å². The number of rotatable bonds is 7. The van der Waals surface area contributed by atoms with Gasteiger partial charge in [0, 0.05) is 19.0 Å². The Hall–Kier alpha value is -1.49. The van der Waals surface area contributed by atoms with Crippen LogP contribution in [0.3, 0.4) is 0 Å². The van der Waals surface area contributed by atoms with Crippen LogP contribution in [0.4, 0.5) is 0 Å². The van der Waals surface area contributed by atoms with Crippen LogP contribution in [0.2, 0.25) is 0 Å². The summed E-state index contributed by atoms with van der Waals surface area (Å²) >= 11 is 0. The normalized spacial score (nSPS) is 18.2. The monoisotopic (exact) mass is 307 g/mol. The molecule has 22 heavy (non-hydrogen) atoms. The number of nitrogens with one attached hydrogen (secondary N) is 2. The molecule has 0 saturated heterocycles. The van der Waals surface area contributed by atoms with E-state index in [0.717, 1.165) is 24.6 Å². The summed E-state index contributed by atoms with van der Waals surface area (Å²) in [6.45, 7) is 2.87. The van der Waals surface area contributed by atoms with Crippen LogP contribution in [0, 0.1) is 0 Å². The molecule has 0 unspecified atom stereocenters. The minimum atomic E-state index is 0.0541. The number of furan rings is 1. The van der Waals surface area contributed by atoms with E-state index in [-0.39, 0.29) is 12.6 Å². The lowest BCUT2D eigenvalue weighted by molar-refractivity contribution is 0.251. The molecule has 0 amide bonds. The zero-order valence-electron chi connectivity index (χ0n) is 13.6. The minimum absolute atomic E-state index is 0.0541. The van der Waals surface area contributed by atoms with Crippen LogP contribution in [0.25, 0.3) is 0 Å². The largest absolute Gasteiger partial charge is 0.469 e. The molecule has 0 bridgehead atoms. The molecule has 1 atom stereocenters. The molecule has 5 nitrogen and oxygen atoms in total. The second-order valence-electron chi connectivity index (χ2n) is 5.97. The van der Waals surface area contributed by atoms with Crippen molar-refractivity contribution in [1.29, 1.82) is 0 Å². The molecule has 1 aromatic rings. The van der Waals surface area contributed by atoms with Gasteiger partial charge in [0.05, 0.1) is 18.9 Å². The molecule has 1 aromatic heterocycles. The number of nitrogens with zero attached hydrogens (tertiary/aromatic N) is 1. The third-order valence-corrected chi connectivity index (χ3v) is 4.21. The molecule has 0 aliphatic heterocycles. The fourth-order valence-electron chi connectivity index (χ4n) is 2.78. The predicted molar refractivity (Wildman–Crippen MR) is 89.0 cm³/mol. The first kappa shape index (κ1) is 16.9. The van der Waals surface area contributed by atoms with Gasteiger partial charge in [-0.3, -0.25) is 4.99 Å². The predicted octanol–water partition coefficient (Wildman–Crippen LogP) is 2.46. The van der Waals surface area contributed by atoms with Crippen LogP contribution >= 0.6 is 0 Å². The summed E-state index contributed by atoms with van der Waals surface area (Å²) in [6.07, 6.45) is 9.68. The van der Waals surface area contributed by atoms with Crippen LogP contribution < -0.4 is 10.6 Å². The first-order valence-corrected chi connectivity index (χ1v) is 8.52. The number of hydrogen-bond acceptors (Lipinski definition) is 3. The van der Waals surface area contributed by atoms with Crippen molar-refractivity contribution < 1.29 is 9.52 Å². The van der Waals surface area contributed by atoms with Crippen LogP contribution in [0.5, 0.6) is 0 Å². The van der Waals surface area contributed by atoms with Gasteiger partial charge in [-0.15, -0.1) is 0 Å². The fraction of sp³-hybridized carbons (Fsp3) is 0.706. The summed E-state index contributed by atoms with van der Waals surface area (Å²) in [7, 11) is 0. The van der Waals surface area contributed by atoms with Gasteiger partial charge >= 0.3 is 0 Å². The summed E-state index contributed by atoms with van der Waals surface area (Å²) in [6, 6.07) is 4.43. The maximum Gasteiger partial charge on any atom is 0.191 e. The van der Waals surface area contributed by atoms with E-state index in [1.165, 1.54) is 32.1 Å². The van der Waals surface area contributed by atoms with Gasteiger partial charge in [0.1, 0.15) is 5.76 Å². The second-order valence-corrected chi connectivity index (χ2v) is 5.97. The molecule has 124 valence electrons. The molecule has 1 aliphatic carbocycles. The third kappa shape index (κ3) is 5.72. The first-order chi connectivity index (χ1) is 10.8. The highest BCUT2D eigenvalue weighted by Gasteiger charge is 2.16. The molecular formula is C17H29N3O2. The lowest BCUT2D eigenvalue weighted by atomic mass is 9.96. The number of guanidine groups is 1. The topological polar surface area (TPSA) is 69.8 Å². The summed E-state index contributed by atoms with van der Waals surface area (Å²) < 4.78 is 5.34. The molecule has 0 radical (unpaired) electrons. The first-order valence-electron chi connectivity index (χ1n) is 8.52. The standard InChI is InChI=1S/C17H29N3O2/c1-2-14(13-21)19-17(20-15-7-4-3-5-8-15)18-11-10-16-9-6-12-22-16/h6,9,12,14-15,21H,2-5,7-8,10-11,13H2,1H3,(H2,18,19,20)/t14-/m1/s1. The van der Waals surface area contributed by atoms with Gasteiger partial charge in [-0.1, -0.05) is 26.2 Å². The highest BCUT2D eigenvalue weighted by Crippen LogP contribution is 2.17. The van der Waals surface area contributed by atoms with Crippen molar-refractivity contribution in [2.45, 2.75) is 64.0 Å². The molecule has 5 heteroatoms. The Kier molecular flexibility index (Phi) is 7.30. The van der Waals surface area contributed by atoms with Crippen molar-refractivity contribution >= 4 is 5.96 Å². The van der Waals surface area contributed by atoms with E-state index >= 15 is 0 Å². The number of hydrogen-bond donors (Lipinski definition) is 3. The Bertz CT molecular complexity index is 421. The zero-order valence-corrected chi connectivity index (χ0v) is 13.6. The van der Waals surface area contributed by atoms with Crippen LogP contribution in [-0.4, -0.2) is 36.3 Å². The average Bonchev–Trinajstić information content (AvgIpc) is 3.06. The van der Waals surface area contributed by atoms with Gasteiger partial charge < -0.3 is 20.2 Å². The molecule has 3 N–H and O–H groups in total. The highest BCUT2D eigenvalue weighted by atomic mass is 16.3. The molecule has 1 saturated carbocycles. The number of aliphatic imine (C=N–C) groups is 1. The second kappa shape index (κ2) is 9.51. The number of aliphatic hydroxyl groups is 1. The van der Waals surface area contributed by atoms with Crippen LogP contribution in [0.1, 0.15) is 51.2 Å². The maximum atomic E-state index is 9.40.